The Kier molecular flexibility index (Phi) is 5.60. The highest BCUT2D eigenvalue weighted by molar-refractivity contribution is 7.80. The van der Waals surface area contributed by atoms with E-state index in [0.717, 1.165) is 34.4 Å². The minimum absolute atomic E-state index is 0.0170. The molecule has 3 aromatic rings. The number of aryl methyl sites for hydroxylation is 1. The molecule has 156 valence electrons. The van der Waals surface area contributed by atoms with Gasteiger partial charge < -0.3 is 14.8 Å². The lowest BCUT2D eigenvalue weighted by Gasteiger charge is -2.29. The van der Waals surface area contributed by atoms with E-state index in [2.05, 4.69) is 53.5 Å². The highest BCUT2D eigenvalue weighted by Crippen LogP contribution is 2.41. The summed E-state index contributed by atoms with van der Waals surface area (Å²) < 4.78 is 16.0. The molecule has 2 aromatic heterocycles. The Labute approximate surface area is 182 Å². The fourth-order valence-electron chi connectivity index (χ4n) is 4.43. The van der Waals surface area contributed by atoms with Gasteiger partial charge >= 0.3 is 0 Å². The summed E-state index contributed by atoms with van der Waals surface area (Å²) in [7, 11) is 0. The van der Waals surface area contributed by atoms with Crippen LogP contribution in [0.3, 0.4) is 0 Å². The van der Waals surface area contributed by atoms with Crippen LogP contribution in [-0.2, 0) is 0 Å². The van der Waals surface area contributed by atoms with Crippen LogP contribution in [0.2, 0.25) is 0 Å². The number of aromatic nitrogens is 2. The highest BCUT2D eigenvalue weighted by atomic mass is 32.1. The van der Waals surface area contributed by atoms with Gasteiger partial charge in [-0.25, -0.2) is 4.39 Å². The van der Waals surface area contributed by atoms with Crippen molar-refractivity contribution in [1.29, 1.82) is 0 Å². The van der Waals surface area contributed by atoms with Gasteiger partial charge in [0.1, 0.15) is 5.82 Å². The van der Waals surface area contributed by atoms with E-state index in [4.69, 9.17) is 12.2 Å². The molecule has 1 aliphatic rings. The lowest BCUT2D eigenvalue weighted by Crippen LogP contribution is -2.33. The largest absolute Gasteiger partial charge is 0.352 e. The second-order valence-corrected chi connectivity index (χ2v) is 8.70. The third-order valence-electron chi connectivity index (χ3n) is 5.61. The van der Waals surface area contributed by atoms with Gasteiger partial charge in [0.2, 0.25) is 0 Å². The van der Waals surface area contributed by atoms with Crippen molar-refractivity contribution in [3.63, 3.8) is 0 Å². The standard InChI is InChI=1S/C24H27FN4S/c1-15(2)14-28-23(22(27-24(28)30)21-10-5-6-11-26-21)20-12-16(3)29(17(20)4)19-9-7-8-18(25)13-19/h5-13,15,22-23H,14H2,1-4H3,(H,27,30). The summed E-state index contributed by atoms with van der Waals surface area (Å²) in [6.45, 7) is 9.40. The minimum Gasteiger partial charge on any atom is -0.352 e. The van der Waals surface area contributed by atoms with Gasteiger partial charge in [0.05, 0.1) is 17.8 Å². The number of hydrogen-bond acceptors (Lipinski definition) is 2. The zero-order chi connectivity index (χ0) is 21.4. The molecule has 1 aliphatic heterocycles. The summed E-state index contributed by atoms with van der Waals surface area (Å²) in [5.41, 5.74) is 5.13. The first kappa shape index (κ1) is 20.5. The fourth-order valence-corrected chi connectivity index (χ4v) is 4.75. The van der Waals surface area contributed by atoms with E-state index in [-0.39, 0.29) is 17.9 Å². The SMILES string of the molecule is Cc1cc(C2C(c3ccccn3)NC(=S)N2CC(C)C)c(C)n1-c1cccc(F)c1. The molecule has 6 heteroatoms. The predicted octanol–water partition coefficient (Wildman–Crippen LogP) is 5.26. The molecular weight excluding hydrogens is 395 g/mol. The van der Waals surface area contributed by atoms with Crippen molar-refractivity contribution < 1.29 is 4.39 Å². The minimum atomic E-state index is -0.238. The molecule has 2 unspecified atom stereocenters. The van der Waals surface area contributed by atoms with Crippen LogP contribution < -0.4 is 5.32 Å². The zero-order valence-corrected chi connectivity index (χ0v) is 18.6. The molecule has 3 heterocycles. The molecule has 4 nitrogen and oxygen atoms in total. The van der Waals surface area contributed by atoms with Crippen molar-refractivity contribution in [2.24, 2.45) is 5.92 Å². The fraction of sp³-hybridized carbons (Fsp3) is 0.333. The molecule has 0 radical (unpaired) electrons. The van der Waals surface area contributed by atoms with Crippen LogP contribution in [0.4, 0.5) is 4.39 Å². The molecule has 0 bridgehead atoms. The Balaban J connectivity index is 1.84. The lowest BCUT2D eigenvalue weighted by atomic mass is 9.96. The molecular formula is C24H27FN4S. The van der Waals surface area contributed by atoms with E-state index in [0.29, 0.717) is 5.92 Å². The Hall–Kier alpha value is -2.73. The van der Waals surface area contributed by atoms with Crippen molar-refractivity contribution >= 4 is 17.3 Å². The number of nitrogens with one attached hydrogen (secondary N) is 1. The third kappa shape index (κ3) is 3.72. The summed E-state index contributed by atoms with van der Waals surface area (Å²) in [5, 5.41) is 4.25. The van der Waals surface area contributed by atoms with Gasteiger partial charge in [-0.2, -0.15) is 0 Å². The number of hydrogen-bond donors (Lipinski definition) is 1. The predicted molar refractivity (Wildman–Crippen MR) is 122 cm³/mol. The van der Waals surface area contributed by atoms with Crippen molar-refractivity contribution in [3.05, 3.63) is 83.2 Å². The third-order valence-corrected chi connectivity index (χ3v) is 5.97. The molecule has 1 aromatic carbocycles. The van der Waals surface area contributed by atoms with Crippen LogP contribution in [0.25, 0.3) is 5.69 Å². The summed E-state index contributed by atoms with van der Waals surface area (Å²) >= 11 is 5.74. The van der Waals surface area contributed by atoms with E-state index in [1.54, 1.807) is 12.1 Å². The molecule has 0 amide bonds. The smallest absolute Gasteiger partial charge is 0.170 e. The second-order valence-electron chi connectivity index (χ2n) is 8.31. The Morgan fingerprint density at radius 3 is 2.60 bits per heavy atom. The quantitative estimate of drug-likeness (QED) is 0.569. The number of benzene rings is 1. The number of halogens is 1. The second kappa shape index (κ2) is 8.19. The summed E-state index contributed by atoms with van der Waals surface area (Å²) in [6, 6.07) is 14.9. The molecule has 1 fully saturated rings. The van der Waals surface area contributed by atoms with Crippen LogP contribution >= 0.6 is 12.2 Å². The van der Waals surface area contributed by atoms with Crippen molar-refractivity contribution in [1.82, 2.24) is 19.8 Å². The number of pyridine rings is 1. The maximum Gasteiger partial charge on any atom is 0.170 e. The van der Waals surface area contributed by atoms with Gasteiger partial charge in [-0.3, -0.25) is 4.98 Å². The first-order valence-corrected chi connectivity index (χ1v) is 10.7. The van der Waals surface area contributed by atoms with E-state index in [9.17, 15) is 4.39 Å². The van der Waals surface area contributed by atoms with Gasteiger partial charge in [-0.15, -0.1) is 0 Å². The maximum atomic E-state index is 13.9. The monoisotopic (exact) mass is 422 g/mol. The molecule has 1 saturated heterocycles. The van der Waals surface area contributed by atoms with Crippen LogP contribution in [0.5, 0.6) is 0 Å². The topological polar surface area (TPSA) is 33.1 Å². The van der Waals surface area contributed by atoms with E-state index in [1.807, 2.05) is 30.5 Å². The van der Waals surface area contributed by atoms with Gasteiger partial charge in [-0.05, 0) is 73.9 Å². The van der Waals surface area contributed by atoms with Crippen molar-refractivity contribution in [2.75, 3.05) is 6.54 Å². The maximum absolute atomic E-state index is 13.9. The molecule has 2 atom stereocenters. The average molecular weight is 423 g/mol. The summed E-state index contributed by atoms with van der Waals surface area (Å²) in [6.07, 6.45) is 1.82. The van der Waals surface area contributed by atoms with Crippen LogP contribution in [0.15, 0.2) is 54.7 Å². The van der Waals surface area contributed by atoms with Crippen molar-refractivity contribution in [3.8, 4) is 5.69 Å². The first-order chi connectivity index (χ1) is 14.4. The van der Waals surface area contributed by atoms with Gasteiger partial charge in [0.25, 0.3) is 0 Å². The highest BCUT2D eigenvalue weighted by Gasteiger charge is 2.41. The molecule has 4 rings (SSSR count). The summed E-state index contributed by atoms with van der Waals surface area (Å²) in [5.74, 6) is 0.222. The number of rotatable bonds is 5. The normalized spacial score (nSPS) is 18.9. The summed E-state index contributed by atoms with van der Waals surface area (Å²) in [4.78, 5) is 6.88. The molecule has 0 saturated carbocycles. The molecule has 30 heavy (non-hydrogen) atoms. The Morgan fingerprint density at radius 1 is 1.13 bits per heavy atom. The number of nitrogens with zero attached hydrogens (tertiary/aromatic N) is 3. The zero-order valence-electron chi connectivity index (χ0n) is 17.8. The van der Waals surface area contributed by atoms with E-state index in [1.165, 1.54) is 11.6 Å². The van der Waals surface area contributed by atoms with Crippen LogP contribution in [0, 0.1) is 25.6 Å². The van der Waals surface area contributed by atoms with Crippen LogP contribution in [0.1, 0.15) is 48.6 Å². The molecule has 1 N–H and O–H groups in total. The molecule has 0 spiro atoms. The molecule has 0 aliphatic carbocycles. The van der Waals surface area contributed by atoms with E-state index < -0.39 is 0 Å². The average Bonchev–Trinajstić information content (AvgIpc) is 3.18. The number of thiocarbonyl (C=S) groups is 1. The van der Waals surface area contributed by atoms with Crippen LogP contribution in [-0.4, -0.2) is 26.1 Å². The Bertz CT molecular complexity index is 1060. The lowest BCUT2D eigenvalue weighted by molar-refractivity contribution is 0.287. The Morgan fingerprint density at radius 2 is 1.93 bits per heavy atom. The van der Waals surface area contributed by atoms with Gasteiger partial charge in [0.15, 0.2) is 5.11 Å². The van der Waals surface area contributed by atoms with E-state index >= 15 is 0 Å². The first-order valence-electron chi connectivity index (χ1n) is 10.3. The van der Waals surface area contributed by atoms with Gasteiger partial charge in [-0.1, -0.05) is 26.0 Å². The van der Waals surface area contributed by atoms with Crippen molar-refractivity contribution in [2.45, 2.75) is 39.8 Å². The van der Waals surface area contributed by atoms with Gasteiger partial charge in [0, 0.05) is 29.8 Å².